The van der Waals surface area contributed by atoms with Gasteiger partial charge in [-0.2, -0.15) is 0 Å². The van der Waals surface area contributed by atoms with E-state index in [9.17, 15) is 23.5 Å². The van der Waals surface area contributed by atoms with Crippen LogP contribution in [0.3, 0.4) is 0 Å². The smallest absolute Gasteiger partial charge is 0.335 e. The zero-order chi connectivity index (χ0) is 19.6. The number of amides is 1. The summed E-state index contributed by atoms with van der Waals surface area (Å²) in [5.74, 6) is -3.04. The topological polar surface area (TPSA) is 75.6 Å². The van der Waals surface area contributed by atoms with E-state index in [1.807, 2.05) is 0 Å². The highest BCUT2D eigenvalue weighted by Gasteiger charge is 2.47. The maximum Gasteiger partial charge on any atom is 0.335 e. The van der Waals surface area contributed by atoms with E-state index in [0.717, 1.165) is 18.6 Å². The number of hydrogen-bond donors (Lipinski definition) is 2. The Morgan fingerprint density at radius 2 is 1.93 bits per heavy atom. The van der Waals surface area contributed by atoms with Gasteiger partial charge in [-0.25, -0.2) is 13.6 Å². The molecular formula is C20H19F2NO4. The molecule has 2 aromatic carbocycles. The Bertz CT molecular complexity index is 894. The summed E-state index contributed by atoms with van der Waals surface area (Å²) < 4.78 is 32.5. The summed E-state index contributed by atoms with van der Waals surface area (Å²) in [4.78, 5) is 24.3. The van der Waals surface area contributed by atoms with Crippen LogP contribution in [0.2, 0.25) is 0 Å². The van der Waals surface area contributed by atoms with Crippen molar-refractivity contribution in [1.29, 1.82) is 0 Å². The second kappa shape index (κ2) is 7.44. The minimum atomic E-state index is -1.13. The van der Waals surface area contributed by atoms with Gasteiger partial charge in [0.1, 0.15) is 11.6 Å². The molecular weight excluding hydrogens is 356 g/mol. The van der Waals surface area contributed by atoms with Gasteiger partial charge in [0.2, 0.25) is 5.91 Å². The van der Waals surface area contributed by atoms with Crippen LogP contribution in [0.1, 0.15) is 40.7 Å². The molecule has 0 radical (unpaired) electrons. The zero-order valence-corrected chi connectivity index (χ0v) is 14.7. The summed E-state index contributed by atoms with van der Waals surface area (Å²) in [6.45, 7) is 0.182. The Morgan fingerprint density at radius 3 is 2.48 bits per heavy atom. The van der Waals surface area contributed by atoms with Gasteiger partial charge in [-0.1, -0.05) is 12.5 Å². The first-order valence-corrected chi connectivity index (χ1v) is 8.49. The number of aromatic carboxylic acids is 1. The predicted octanol–water partition coefficient (Wildman–Crippen LogP) is 3.87. The Balaban J connectivity index is 1.92. The lowest BCUT2D eigenvalue weighted by Crippen LogP contribution is -2.46. The Kier molecular flexibility index (Phi) is 5.23. The first-order valence-electron chi connectivity index (χ1n) is 8.49. The number of carboxylic acid groups (broad SMARTS) is 1. The lowest BCUT2D eigenvalue weighted by molar-refractivity contribution is -0.124. The van der Waals surface area contributed by atoms with Crippen LogP contribution in [0, 0.1) is 11.6 Å². The van der Waals surface area contributed by atoms with E-state index in [-0.39, 0.29) is 17.7 Å². The number of rotatable bonds is 6. The average Bonchev–Trinajstić information content (AvgIpc) is 2.55. The van der Waals surface area contributed by atoms with Crippen molar-refractivity contribution in [3.05, 3.63) is 64.7 Å². The number of benzene rings is 2. The van der Waals surface area contributed by atoms with Crippen LogP contribution in [0.25, 0.3) is 0 Å². The molecule has 0 heterocycles. The molecule has 1 aliphatic carbocycles. The van der Waals surface area contributed by atoms with Gasteiger partial charge < -0.3 is 15.2 Å². The fourth-order valence-corrected chi connectivity index (χ4v) is 3.41. The lowest BCUT2D eigenvalue weighted by Gasteiger charge is -2.40. The first-order chi connectivity index (χ1) is 12.9. The SMILES string of the molecule is COCc1cc(NC(=O)C2(c3ccc(F)cc3F)CCC2)cc(C(=O)O)c1. The summed E-state index contributed by atoms with van der Waals surface area (Å²) in [6, 6.07) is 7.61. The first kappa shape index (κ1) is 19.0. The van der Waals surface area contributed by atoms with Crippen LogP contribution in [-0.4, -0.2) is 24.1 Å². The molecule has 7 heteroatoms. The van der Waals surface area contributed by atoms with Crippen LogP contribution in [-0.2, 0) is 21.6 Å². The Morgan fingerprint density at radius 1 is 1.19 bits per heavy atom. The number of carbonyl (C=O) groups excluding carboxylic acids is 1. The molecule has 0 aromatic heterocycles. The van der Waals surface area contributed by atoms with Crippen molar-refractivity contribution >= 4 is 17.6 Å². The molecule has 27 heavy (non-hydrogen) atoms. The molecule has 0 spiro atoms. The largest absolute Gasteiger partial charge is 0.478 e. The van der Waals surface area contributed by atoms with Gasteiger partial charge >= 0.3 is 5.97 Å². The number of nitrogens with one attached hydrogen (secondary N) is 1. The van der Waals surface area contributed by atoms with Gasteiger partial charge in [-0.05, 0) is 42.7 Å². The molecule has 0 unspecified atom stereocenters. The molecule has 0 atom stereocenters. The third kappa shape index (κ3) is 3.68. The molecule has 142 valence electrons. The fourth-order valence-electron chi connectivity index (χ4n) is 3.41. The molecule has 1 saturated carbocycles. The van der Waals surface area contributed by atoms with Gasteiger partial charge in [0.25, 0.3) is 0 Å². The number of carbonyl (C=O) groups is 2. The van der Waals surface area contributed by atoms with Crippen molar-refractivity contribution in [2.75, 3.05) is 12.4 Å². The van der Waals surface area contributed by atoms with E-state index >= 15 is 0 Å². The van der Waals surface area contributed by atoms with E-state index in [2.05, 4.69) is 5.32 Å². The van der Waals surface area contributed by atoms with E-state index in [0.29, 0.717) is 24.1 Å². The standard InChI is InChI=1S/C20H19F2NO4/c1-27-11-12-7-13(18(24)25)9-15(8-12)23-19(26)20(5-2-6-20)16-4-3-14(21)10-17(16)22/h3-4,7-10H,2,5-6,11H2,1H3,(H,23,26)(H,24,25). The van der Waals surface area contributed by atoms with E-state index in [4.69, 9.17) is 4.74 Å². The highest BCUT2D eigenvalue weighted by Crippen LogP contribution is 2.45. The molecule has 1 fully saturated rings. The molecule has 0 aliphatic heterocycles. The second-order valence-corrected chi connectivity index (χ2v) is 6.67. The monoisotopic (exact) mass is 375 g/mol. The van der Waals surface area contributed by atoms with Gasteiger partial charge in [0, 0.05) is 24.4 Å². The second-order valence-electron chi connectivity index (χ2n) is 6.67. The van der Waals surface area contributed by atoms with Crippen LogP contribution in [0.5, 0.6) is 0 Å². The van der Waals surface area contributed by atoms with Crippen molar-refractivity contribution in [3.8, 4) is 0 Å². The molecule has 0 saturated heterocycles. The van der Waals surface area contributed by atoms with Crippen LogP contribution in [0.4, 0.5) is 14.5 Å². The summed E-state index contributed by atoms with van der Waals surface area (Å²) in [7, 11) is 1.48. The quantitative estimate of drug-likeness (QED) is 0.804. The average molecular weight is 375 g/mol. The zero-order valence-electron chi connectivity index (χ0n) is 14.7. The highest BCUT2D eigenvalue weighted by atomic mass is 19.1. The number of methoxy groups -OCH3 is 1. The van der Waals surface area contributed by atoms with E-state index < -0.39 is 28.9 Å². The molecule has 3 rings (SSSR count). The molecule has 1 aliphatic rings. The molecule has 0 bridgehead atoms. The normalized spacial score (nSPS) is 15.1. The third-order valence-corrected chi connectivity index (χ3v) is 4.90. The maximum atomic E-state index is 14.3. The minimum Gasteiger partial charge on any atom is -0.478 e. The van der Waals surface area contributed by atoms with Crippen LogP contribution in [0.15, 0.2) is 36.4 Å². The van der Waals surface area contributed by atoms with E-state index in [1.54, 1.807) is 6.07 Å². The minimum absolute atomic E-state index is 0.00970. The fraction of sp³-hybridized carbons (Fsp3) is 0.300. The molecule has 5 nitrogen and oxygen atoms in total. The molecule has 2 N–H and O–H groups in total. The number of hydrogen-bond acceptors (Lipinski definition) is 3. The van der Waals surface area contributed by atoms with Crippen molar-refractivity contribution in [1.82, 2.24) is 0 Å². The summed E-state index contributed by atoms with van der Waals surface area (Å²) >= 11 is 0. The number of halogens is 2. The van der Waals surface area contributed by atoms with Crippen molar-refractivity contribution in [2.24, 2.45) is 0 Å². The van der Waals surface area contributed by atoms with Gasteiger partial charge in [-0.3, -0.25) is 4.79 Å². The number of anilines is 1. The Labute approximate surface area is 155 Å². The van der Waals surface area contributed by atoms with Crippen molar-refractivity contribution < 1.29 is 28.2 Å². The van der Waals surface area contributed by atoms with Crippen LogP contribution < -0.4 is 5.32 Å². The number of ether oxygens (including phenoxy) is 1. The third-order valence-electron chi connectivity index (χ3n) is 4.90. The van der Waals surface area contributed by atoms with Crippen molar-refractivity contribution in [2.45, 2.75) is 31.3 Å². The molecule has 2 aromatic rings. The summed E-state index contributed by atoms with van der Waals surface area (Å²) in [5.41, 5.74) is -0.0444. The predicted molar refractivity (Wildman–Crippen MR) is 94.6 cm³/mol. The van der Waals surface area contributed by atoms with Gasteiger partial charge in [0.05, 0.1) is 17.6 Å². The van der Waals surface area contributed by atoms with Crippen molar-refractivity contribution in [3.63, 3.8) is 0 Å². The summed E-state index contributed by atoms with van der Waals surface area (Å²) in [6.07, 6.45) is 1.62. The highest BCUT2D eigenvalue weighted by molar-refractivity contribution is 6.01. The number of carboxylic acids is 1. The lowest BCUT2D eigenvalue weighted by atomic mass is 9.63. The van der Waals surface area contributed by atoms with Crippen LogP contribution >= 0.6 is 0 Å². The van der Waals surface area contributed by atoms with Gasteiger partial charge in [0.15, 0.2) is 0 Å². The summed E-state index contributed by atoms with van der Waals surface area (Å²) in [5, 5.41) is 12.0. The van der Waals surface area contributed by atoms with E-state index in [1.165, 1.54) is 25.3 Å². The Hall–Kier alpha value is -2.80. The van der Waals surface area contributed by atoms with Gasteiger partial charge in [-0.15, -0.1) is 0 Å². The molecule has 1 amide bonds. The maximum absolute atomic E-state index is 14.3.